The first-order chi connectivity index (χ1) is 13.6. The van der Waals surface area contributed by atoms with E-state index in [1.54, 1.807) is 0 Å². The molecule has 0 unspecified atom stereocenters. The van der Waals surface area contributed by atoms with Gasteiger partial charge in [0, 0.05) is 12.7 Å². The number of carbonyl (C=O) groups is 2. The molecule has 1 rings (SSSR count). The Morgan fingerprint density at radius 3 is 2.24 bits per heavy atom. The number of ether oxygens (including phenoxy) is 1. The van der Waals surface area contributed by atoms with Crippen molar-refractivity contribution in [2.24, 2.45) is 0 Å². The molecule has 1 amide bonds. The van der Waals surface area contributed by atoms with Crippen molar-refractivity contribution in [1.82, 2.24) is 5.32 Å². The summed E-state index contributed by atoms with van der Waals surface area (Å²) in [5, 5.41) is 2.32. The van der Waals surface area contributed by atoms with E-state index >= 15 is 0 Å². The first kappa shape index (κ1) is 25.7. The van der Waals surface area contributed by atoms with Gasteiger partial charge >= 0.3 is 5.97 Å². The van der Waals surface area contributed by atoms with Crippen LogP contribution in [-0.2, 0) is 24.2 Å². The van der Waals surface area contributed by atoms with Crippen molar-refractivity contribution in [1.29, 1.82) is 0 Å². The maximum absolute atomic E-state index is 13.7. The van der Waals surface area contributed by atoms with Crippen LogP contribution in [0, 0.1) is 0 Å². The van der Waals surface area contributed by atoms with Gasteiger partial charge in [0.25, 0.3) is 5.91 Å². The average molecular weight is 470 g/mol. The minimum Gasteiger partial charge on any atom is -0.455 e. The molecule has 1 aromatic rings. The molecule has 0 saturated heterocycles. The second kappa shape index (κ2) is 12.3. The predicted octanol–water partition coefficient (Wildman–Crippen LogP) is 3.90. The number of halogens is 3. The number of hydrogen-bond donors (Lipinski definition) is 1. The number of rotatable bonds is 12. The molecule has 0 fully saturated rings. The Hall–Kier alpha value is -1.38. The third kappa shape index (κ3) is 8.88. The van der Waals surface area contributed by atoms with E-state index in [1.807, 2.05) is 6.92 Å². The third-order valence-corrected chi connectivity index (χ3v) is 5.71. The molecule has 0 bridgehead atoms. The fourth-order valence-corrected chi connectivity index (χ4v) is 3.38. The summed E-state index contributed by atoms with van der Waals surface area (Å²) in [6.07, 6.45) is 3.54. The Morgan fingerprint density at radius 2 is 1.76 bits per heavy atom. The van der Waals surface area contributed by atoms with Crippen LogP contribution in [0.4, 0.5) is 4.39 Å². The van der Waals surface area contributed by atoms with Crippen LogP contribution in [-0.4, -0.2) is 44.1 Å². The Labute approximate surface area is 181 Å². The summed E-state index contributed by atoms with van der Waals surface area (Å²) >= 11 is 11.0. The highest BCUT2D eigenvalue weighted by Gasteiger charge is 2.30. The van der Waals surface area contributed by atoms with E-state index in [2.05, 4.69) is 5.32 Å². The SMILES string of the molecule is CCCCCCC(=O)O[C@H](c1ccc(S(C)(=O)=O)cc1)[C@@H](CF)NC(=O)C(Cl)Cl. The van der Waals surface area contributed by atoms with Crippen LogP contribution < -0.4 is 5.32 Å². The summed E-state index contributed by atoms with van der Waals surface area (Å²) in [6, 6.07) is 4.26. The molecule has 164 valence electrons. The smallest absolute Gasteiger partial charge is 0.306 e. The molecule has 0 saturated carbocycles. The quantitative estimate of drug-likeness (QED) is 0.284. The Bertz CT molecular complexity index is 771. The summed E-state index contributed by atoms with van der Waals surface area (Å²) in [5.41, 5.74) is 0.336. The van der Waals surface area contributed by atoms with E-state index in [4.69, 9.17) is 27.9 Å². The third-order valence-electron chi connectivity index (χ3n) is 4.19. The van der Waals surface area contributed by atoms with Gasteiger partial charge in [-0.2, -0.15) is 0 Å². The summed E-state index contributed by atoms with van der Waals surface area (Å²) in [7, 11) is -3.43. The van der Waals surface area contributed by atoms with E-state index in [1.165, 1.54) is 24.3 Å². The molecule has 29 heavy (non-hydrogen) atoms. The van der Waals surface area contributed by atoms with Gasteiger partial charge in [-0.15, -0.1) is 0 Å². The predicted molar refractivity (Wildman–Crippen MR) is 111 cm³/mol. The van der Waals surface area contributed by atoms with E-state index in [-0.39, 0.29) is 11.3 Å². The van der Waals surface area contributed by atoms with Crippen molar-refractivity contribution in [3.63, 3.8) is 0 Å². The van der Waals surface area contributed by atoms with Crippen LogP contribution >= 0.6 is 23.2 Å². The van der Waals surface area contributed by atoms with Gasteiger partial charge in [0.1, 0.15) is 12.8 Å². The summed E-state index contributed by atoms with van der Waals surface area (Å²) < 4.78 is 42.4. The number of carbonyl (C=O) groups excluding carboxylic acids is 2. The second-order valence-electron chi connectivity index (χ2n) is 6.63. The van der Waals surface area contributed by atoms with Gasteiger partial charge in [0.15, 0.2) is 14.7 Å². The van der Waals surface area contributed by atoms with Gasteiger partial charge in [0.2, 0.25) is 0 Å². The van der Waals surface area contributed by atoms with Crippen molar-refractivity contribution in [2.75, 3.05) is 12.9 Å². The van der Waals surface area contributed by atoms with E-state index in [0.29, 0.717) is 12.0 Å². The average Bonchev–Trinajstić information content (AvgIpc) is 2.67. The lowest BCUT2D eigenvalue weighted by Gasteiger charge is -2.27. The van der Waals surface area contributed by atoms with Crippen LogP contribution in [0.15, 0.2) is 29.2 Å². The zero-order valence-electron chi connectivity index (χ0n) is 16.4. The Balaban J connectivity index is 3.06. The molecule has 6 nitrogen and oxygen atoms in total. The van der Waals surface area contributed by atoms with Crippen molar-refractivity contribution in [2.45, 2.75) is 60.9 Å². The van der Waals surface area contributed by atoms with Gasteiger partial charge < -0.3 is 10.1 Å². The van der Waals surface area contributed by atoms with Crippen molar-refractivity contribution < 1.29 is 27.1 Å². The highest BCUT2D eigenvalue weighted by Crippen LogP contribution is 2.25. The Morgan fingerprint density at radius 1 is 1.14 bits per heavy atom. The first-order valence-corrected chi connectivity index (χ1v) is 12.0. The number of benzene rings is 1. The molecular formula is C19H26Cl2FNO5S. The number of nitrogens with one attached hydrogen (secondary N) is 1. The van der Waals surface area contributed by atoms with Gasteiger partial charge in [-0.25, -0.2) is 12.8 Å². The molecule has 1 aromatic carbocycles. The highest BCUT2D eigenvalue weighted by atomic mass is 35.5. The molecule has 0 aliphatic carbocycles. The topological polar surface area (TPSA) is 89.5 Å². The number of unbranched alkanes of at least 4 members (excludes halogenated alkanes) is 3. The molecule has 0 aliphatic rings. The fraction of sp³-hybridized carbons (Fsp3) is 0.579. The van der Waals surface area contributed by atoms with Gasteiger partial charge in [0.05, 0.1) is 10.9 Å². The number of hydrogen-bond acceptors (Lipinski definition) is 5. The van der Waals surface area contributed by atoms with Crippen LogP contribution in [0.25, 0.3) is 0 Å². The van der Waals surface area contributed by atoms with E-state index < -0.39 is 45.4 Å². The van der Waals surface area contributed by atoms with Gasteiger partial charge in [-0.3, -0.25) is 9.59 Å². The lowest BCUT2D eigenvalue weighted by atomic mass is 10.0. The molecule has 10 heteroatoms. The molecule has 0 spiro atoms. The molecule has 1 N–H and O–H groups in total. The molecule has 0 aromatic heterocycles. The highest BCUT2D eigenvalue weighted by molar-refractivity contribution is 7.90. The van der Waals surface area contributed by atoms with Gasteiger partial charge in [-0.05, 0) is 24.1 Å². The van der Waals surface area contributed by atoms with Crippen molar-refractivity contribution >= 4 is 44.9 Å². The number of amides is 1. The Kier molecular flexibility index (Phi) is 10.9. The van der Waals surface area contributed by atoms with Crippen LogP contribution in [0.5, 0.6) is 0 Å². The lowest BCUT2D eigenvalue weighted by Crippen LogP contribution is -2.44. The van der Waals surface area contributed by atoms with E-state index in [0.717, 1.165) is 25.5 Å². The molecule has 0 radical (unpaired) electrons. The molecule has 2 atom stereocenters. The summed E-state index contributed by atoms with van der Waals surface area (Å²) in [6.45, 7) is 0.998. The maximum atomic E-state index is 13.7. The zero-order valence-corrected chi connectivity index (χ0v) is 18.7. The summed E-state index contributed by atoms with van der Waals surface area (Å²) in [4.78, 5) is 22.7. The van der Waals surface area contributed by atoms with Crippen LogP contribution in [0.2, 0.25) is 0 Å². The molecular weight excluding hydrogens is 444 g/mol. The maximum Gasteiger partial charge on any atom is 0.306 e. The minimum absolute atomic E-state index is 0.0632. The molecule has 0 aliphatic heterocycles. The standard InChI is InChI=1S/C19H26Cl2FNO5S/c1-3-4-5-6-7-16(24)28-17(15(12-22)23-19(25)18(20)21)13-8-10-14(11-9-13)29(2,26)27/h8-11,15,17-18H,3-7,12H2,1-2H3,(H,23,25)/t15-,17-/m1/s1. The normalized spacial score (nSPS) is 13.7. The first-order valence-electron chi connectivity index (χ1n) is 9.24. The minimum atomic E-state index is -3.43. The number of sulfone groups is 1. The number of esters is 1. The monoisotopic (exact) mass is 469 g/mol. The fourth-order valence-electron chi connectivity index (χ4n) is 2.62. The zero-order chi connectivity index (χ0) is 22.0. The summed E-state index contributed by atoms with van der Waals surface area (Å²) in [5.74, 6) is -1.37. The van der Waals surface area contributed by atoms with Gasteiger partial charge in [-0.1, -0.05) is 61.5 Å². The van der Waals surface area contributed by atoms with E-state index in [9.17, 15) is 22.4 Å². The van der Waals surface area contributed by atoms with Crippen LogP contribution in [0.1, 0.15) is 50.7 Å². The lowest BCUT2D eigenvalue weighted by molar-refractivity contribution is -0.152. The number of alkyl halides is 3. The second-order valence-corrected chi connectivity index (χ2v) is 9.74. The van der Waals surface area contributed by atoms with Crippen molar-refractivity contribution in [3.05, 3.63) is 29.8 Å². The largest absolute Gasteiger partial charge is 0.455 e. The van der Waals surface area contributed by atoms with Crippen molar-refractivity contribution in [3.8, 4) is 0 Å². The molecule has 0 heterocycles. The van der Waals surface area contributed by atoms with Crippen LogP contribution in [0.3, 0.4) is 0 Å².